The highest BCUT2D eigenvalue weighted by Crippen LogP contribution is 2.26. The number of fused-ring (bicyclic) bond motifs is 1. The number of benzene rings is 1. The van der Waals surface area contributed by atoms with Gasteiger partial charge in [0.15, 0.2) is 5.65 Å². The fraction of sp³-hybridized carbons (Fsp3) is 0.227. The predicted octanol–water partition coefficient (Wildman–Crippen LogP) is 3.36. The highest BCUT2D eigenvalue weighted by atomic mass is 16.5. The molecule has 0 bridgehead atoms. The first-order valence-electron chi connectivity index (χ1n) is 9.39. The van der Waals surface area contributed by atoms with Crippen molar-refractivity contribution >= 4 is 16.9 Å². The maximum atomic E-state index is 12.7. The van der Waals surface area contributed by atoms with Crippen molar-refractivity contribution in [2.45, 2.75) is 13.1 Å². The molecule has 3 heterocycles. The lowest BCUT2D eigenvalue weighted by molar-refractivity contribution is 0.0775. The van der Waals surface area contributed by atoms with E-state index in [1.807, 2.05) is 24.3 Å². The fourth-order valence-electron chi connectivity index (χ4n) is 3.28. The molecule has 1 amide bonds. The molecule has 0 N–H and O–H groups in total. The average molecular weight is 406 g/mol. The first kappa shape index (κ1) is 19.5. The van der Waals surface area contributed by atoms with Crippen molar-refractivity contribution < 1.29 is 18.7 Å². The monoisotopic (exact) mass is 406 g/mol. The van der Waals surface area contributed by atoms with Gasteiger partial charge >= 0.3 is 0 Å². The highest BCUT2D eigenvalue weighted by molar-refractivity contribution is 5.96. The van der Waals surface area contributed by atoms with Crippen LogP contribution in [0, 0.1) is 0 Å². The highest BCUT2D eigenvalue weighted by Gasteiger charge is 2.16. The van der Waals surface area contributed by atoms with Gasteiger partial charge in [0.25, 0.3) is 5.91 Å². The van der Waals surface area contributed by atoms with Crippen molar-refractivity contribution in [1.82, 2.24) is 19.7 Å². The van der Waals surface area contributed by atoms with Gasteiger partial charge in [-0.2, -0.15) is 5.10 Å². The zero-order chi connectivity index (χ0) is 21.1. The summed E-state index contributed by atoms with van der Waals surface area (Å²) in [5, 5.41) is 5.23. The SMILES string of the molecule is COc1ccc(Cn2ncc3cc(C(=O)N(C)Cc4ccco4)cnc32)c(OC)c1. The fourth-order valence-corrected chi connectivity index (χ4v) is 3.28. The number of pyridine rings is 1. The van der Waals surface area contributed by atoms with Crippen LogP contribution >= 0.6 is 0 Å². The van der Waals surface area contributed by atoms with Gasteiger partial charge in [-0.05, 0) is 30.3 Å². The van der Waals surface area contributed by atoms with Crippen LogP contribution < -0.4 is 9.47 Å². The molecule has 154 valence electrons. The lowest BCUT2D eigenvalue weighted by Gasteiger charge is -2.15. The van der Waals surface area contributed by atoms with Crippen molar-refractivity contribution in [2.75, 3.05) is 21.3 Å². The number of methoxy groups -OCH3 is 2. The van der Waals surface area contributed by atoms with Crippen LogP contribution in [0.5, 0.6) is 11.5 Å². The largest absolute Gasteiger partial charge is 0.497 e. The van der Waals surface area contributed by atoms with E-state index >= 15 is 0 Å². The molecule has 4 rings (SSSR count). The van der Waals surface area contributed by atoms with Crippen molar-refractivity contribution in [3.8, 4) is 11.5 Å². The quantitative estimate of drug-likeness (QED) is 0.468. The van der Waals surface area contributed by atoms with Crippen molar-refractivity contribution in [3.63, 3.8) is 0 Å². The summed E-state index contributed by atoms with van der Waals surface area (Å²) in [4.78, 5) is 18.8. The minimum absolute atomic E-state index is 0.134. The van der Waals surface area contributed by atoms with Crippen LogP contribution in [0.1, 0.15) is 21.7 Å². The van der Waals surface area contributed by atoms with E-state index in [0.717, 1.165) is 22.5 Å². The van der Waals surface area contributed by atoms with E-state index in [1.165, 1.54) is 0 Å². The third-order valence-corrected chi connectivity index (χ3v) is 4.86. The van der Waals surface area contributed by atoms with Crippen LogP contribution in [0.25, 0.3) is 11.0 Å². The molecule has 0 aliphatic carbocycles. The summed E-state index contributed by atoms with van der Waals surface area (Å²) in [7, 11) is 4.97. The number of furan rings is 1. The Labute approximate surface area is 173 Å². The molecule has 4 aromatic rings. The summed E-state index contributed by atoms with van der Waals surface area (Å²) in [6.07, 6.45) is 4.88. The van der Waals surface area contributed by atoms with Crippen LogP contribution in [0.4, 0.5) is 0 Å². The minimum Gasteiger partial charge on any atom is -0.497 e. The molecule has 8 nitrogen and oxygen atoms in total. The number of aromatic nitrogens is 3. The Kier molecular flexibility index (Phi) is 5.38. The number of amides is 1. The lowest BCUT2D eigenvalue weighted by Crippen LogP contribution is -2.26. The Morgan fingerprint density at radius 1 is 1.17 bits per heavy atom. The van der Waals surface area contributed by atoms with E-state index in [2.05, 4.69) is 10.1 Å². The second-order valence-electron chi connectivity index (χ2n) is 6.86. The number of carbonyl (C=O) groups is 1. The third-order valence-electron chi connectivity index (χ3n) is 4.86. The van der Waals surface area contributed by atoms with Crippen molar-refractivity contribution in [1.29, 1.82) is 0 Å². The molecule has 3 aromatic heterocycles. The maximum Gasteiger partial charge on any atom is 0.255 e. The maximum absolute atomic E-state index is 12.7. The van der Waals surface area contributed by atoms with Crippen LogP contribution in [-0.4, -0.2) is 46.8 Å². The van der Waals surface area contributed by atoms with Crippen molar-refractivity contribution in [3.05, 3.63) is 71.9 Å². The molecule has 0 spiro atoms. The van der Waals surface area contributed by atoms with Gasteiger partial charge in [0.2, 0.25) is 0 Å². The van der Waals surface area contributed by atoms with Crippen LogP contribution in [0.2, 0.25) is 0 Å². The number of hydrogen-bond acceptors (Lipinski definition) is 6. The van der Waals surface area contributed by atoms with E-state index < -0.39 is 0 Å². The number of hydrogen-bond donors (Lipinski definition) is 0. The Hall–Kier alpha value is -3.81. The van der Waals surface area contributed by atoms with E-state index in [-0.39, 0.29) is 5.91 Å². The number of rotatable bonds is 7. The number of carbonyl (C=O) groups excluding carboxylic acids is 1. The summed E-state index contributed by atoms with van der Waals surface area (Å²) in [5.74, 6) is 2.02. The van der Waals surface area contributed by atoms with E-state index in [1.54, 1.807) is 61.6 Å². The van der Waals surface area contributed by atoms with Gasteiger partial charge < -0.3 is 18.8 Å². The molecule has 0 radical (unpaired) electrons. The molecule has 30 heavy (non-hydrogen) atoms. The zero-order valence-electron chi connectivity index (χ0n) is 17.0. The standard InChI is InChI=1S/C22H22N4O4/c1-25(14-19-5-4-8-30-19)22(27)17-9-16-12-24-26(21(16)23-11-17)13-15-6-7-18(28-2)10-20(15)29-3/h4-12H,13-14H2,1-3H3. The normalized spacial score (nSPS) is 10.9. The zero-order valence-corrected chi connectivity index (χ0v) is 17.0. The molecule has 0 aliphatic heterocycles. The Morgan fingerprint density at radius 3 is 2.77 bits per heavy atom. The lowest BCUT2D eigenvalue weighted by atomic mass is 10.2. The number of nitrogens with zero attached hydrogens (tertiary/aromatic N) is 4. The summed E-state index contributed by atoms with van der Waals surface area (Å²) in [6, 6.07) is 11.1. The summed E-state index contributed by atoms with van der Waals surface area (Å²) in [5.41, 5.74) is 2.14. The first-order chi connectivity index (χ1) is 14.6. The molecule has 8 heteroatoms. The summed E-state index contributed by atoms with van der Waals surface area (Å²) >= 11 is 0. The van der Waals surface area contributed by atoms with E-state index in [9.17, 15) is 4.79 Å². The Balaban J connectivity index is 1.56. The molecule has 1 aromatic carbocycles. The van der Waals surface area contributed by atoms with Crippen LogP contribution in [0.3, 0.4) is 0 Å². The molecule has 0 aliphatic rings. The van der Waals surface area contributed by atoms with Gasteiger partial charge in [0.05, 0.1) is 45.3 Å². The molecule has 0 atom stereocenters. The average Bonchev–Trinajstić information content (AvgIpc) is 3.43. The second-order valence-corrected chi connectivity index (χ2v) is 6.86. The summed E-state index contributed by atoms with van der Waals surface area (Å²) < 4.78 is 17.8. The van der Waals surface area contributed by atoms with Gasteiger partial charge in [-0.25, -0.2) is 9.67 Å². The Bertz CT molecular complexity index is 1170. The van der Waals surface area contributed by atoms with Gasteiger partial charge in [0.1, 0.15) is 17.3 Å². The number of ether oxygens (including phenoxy) is 2. The molecule has 0 saturated carbocycles. The van der Waals surface area contributed by atoms with Crippen LogP contribution in [-0.2, 0) is 13.1 Å². The Morgan fingerprint density at radius 2 is 2.03 bits per heavy atom. The topological polar surface area (TPSA) is 82.6 Å². The molecular formula is C22H22N4O4. The first-order valence-corrected chi connectivity index (χ1v) is 9.39. The molecule has 0 fully saturated rings. The molecule has 0 saturated heterocycles. The van der Waals surface area contributed by atoms with E-state index in [4.69, 9.17) is 13.9 Å². The smallest absolute Gasteiger partial charge is 0.255 e. The molecular weight excluding hydrogens is 384 g/mol. The predicted molar refractivity (Wildman–Crippen MR) is 111 cm³/mol. The van der Waals surface area contributed by atoms with Gasteiger partial charge in [-0.15, -0.1) is 0 Å². The van der Waals surface area contributed by atoms with Gasteiger partial charge in [-0.1, -0.05) is 0 Å². The van der Waals surface area contributed by atoms with Crippen LogP contribution in [0.15, 0.2) is 59.5 Å². The van der Waals surface area contributed by atoms with E-state index in [0.29, 0.717) is 30.0 Å². The summed E-state index contributed by atoms with van der Waals surface area (Å²) in [6.45, 7) is 0.871. The molecule has 0 unspecified atom stereocenters. The van der Waals surface area contributed by atoms with Crippen molar-refractivity contribution in [2.24, 2.45) is 0 Å². The second kappa shape index (κ2) is 8.28. The third kappa shape index (κ3) is 3.84. The minimum atomic E-state index is -0.134. The van der Waals surface area contributed by atoms with Gasteiger partial charge in [0, 0.05) is 30.3 Å². The van der Waals surface area contributed by atoms with Gasteiger partial charge in [-0.3, -0.25) is 4.79 Å².